The Kier molecular flexibility index (Phi) is 6.74. The molecule has 35 heavy (non-hydrogen) atoms. The normalized spacial score (nSPS) is 12.6. The van der Waals surface area contributed by atoms with Crippen LogP contribution in [0.1, 0.15) is 16.2 Å². The predicted molar refractivity (Wildman–Crippen MR) is 117 cm³/mol. The molecule has 0 saturated carbocycles. The Morgan fingerprint density at radius 1 is 1.14 bits per heavy atom. The largest absolute Gasteiger partial charge is 0.416 e. The molecule has 0 aliphatic heterocycles. The maximum Gasteiger partial charge on any atom is 0.416 e. The van der Waals surface area contributed by atoms with Gasteiger partial charge in [0.25, 0.3) is 5.24 Å². The molecule has 0 unspecified atom stereocenters. The second-order valence-electron chi connectivity index (χ2n) is 7.21. The fourth-order valence-corrected chi connectivity index (χ4v) is 3.44. The lowest BCUT2D eigenvalue weighted by atomic mass is 10.2. The molecule has 0 spiro atoms. The van der Waals surface area contributed by atoms with Crippen LogP contribution < -0.4 is 5.69 Å². The summed E-state index contributed by atoms with van der Waals surface area (Å²) in [4.78, 5) is 32.6. The number of pyridine rings is 1. The minimum atomic E-state index is -4.94. The van der Waals surface area contributed by atoms with Crippen molar-refractivity contribution in [2.45, 2.75) is 25.4 Å². The van der Waals surface area contributed by atoms with Gasteiger partial charge in [-0.25, -0.2) is 19.1 Å². The van der Waals surface area contributed by atoms with Crippen LogP contribution in [0.2, 0.25) is 5.02 Å². The zero-order valence-corrected chi connectivity index (χ0v) is 18.9. The van der Waals surface area contributed by atoms with E-state index < -0.39 is 29.8 Å². The molecule has 10 nitrogen and oxygen atoms in total. The van der Waals surface area contributed by atoms with E-state index in [1.54, 1.807) is 0 Å². The lowest BCUT2D eigenvalue weighted by Crippen LogP contribution is -2.37. The van der Waals surface area contributed by atoms with E-state index in [4.69, 9.17) is 23.2 Å². The summed E-state index contributed by atoms with van der Waals surface area (Å²) in [7, 11) is 0. The summed E-state index contributed by atoms with van der Waals surface area (Å²) in [6, 6.07) is 7.31. The Bertz CT molecular complexity index is 1430. The van der Waals surface area contributed by atoms with Crippen molar-refractivity contribution in [3.8, 4) is 17.1 Å². The first kappa shape index (κ1) is 24.6. The highest BCUT2D eigenvalue weighted by Crippen LogP contribution is 2.24. The van der Waals surface area contributed by atoms with Gasteiger partial charge in [-0.15, -0.1) is 10.2 Å². The molecule has 0 aliphatic carbocycles. The van der Waals surface area contributed by atoms with Gasteiger partial charge in [-0.1, -0.05) is 11.6 Å². The van der Waals surface area contributed by atoms with Crippen molar-refractivity contribution in [1.29, 1.82) is 0 Å². The van der Waals surface area contributed by atoms with Gasteiger partial charge >= 0.3 is 11.9 Å². The van der Waals surface area contributed by atoms with Crippen LogP contribution in [0.5, 0.6) is 0 Å². The smallest absolute Gasteiger partial charge is 0.382 e. The van der Waals surface area contributed by atoms with Gasteiger partial charge in [0.1, 0.15) is 12.9 Å². The molecule has 0 aliphatic rings. The number of carbonyl (C=O) groups excluding carboxylic acids is 1. The number of rotatable bonds is 7. The Balaban J connectivity index is 1.71. The van der Waals surface area contributed by atoms with E-state index >= 15 is 0 Å². The summed E-state index contributed by atoms with van der Waals surface area (Å²) in [5, 5.41) is 17.5. The molecule has 4 rings (SSSR count). The minimum Gasteiger partial charge on any atom is -0.382 e. The third kappa shape index (κ3) is 5.26. The molecule has 3 heterocycles. The van der Waals surface area contributed by atoms with E-state index in [0.29, 0.717) is 15.2 Å². The minimum absolute atomic E-state index is 0.0626. The van der Waals surface area contributed by atoms with E-state index in [-0.39, 0.29) is 29.4 Å². The molecule has 1 aromatic carbocycles. The SMILES string of the molecule is O=C(Cl)c1ccncc1-n1cnc(Cn2nc(-c3ccc(Cl)cc3)n(C[C@H](O)C(F)(F)F)c2=O)n1. The van der Waals surface area contributed by atoms with Gasteiger partial charge in [0, 0.05) is 16.8 Å². The maximum atomic E-state index is 13.0. The first-order valence-electron chi connectivity index (χ1n) is 9.77. The van der Waals surface area contributed by atoms with Crippen molar-refractivity contribution in [3.05, 3.63) is 75.9 Å². The Labute approximate surface area is 204 Å². The summed E-state index contributed by atoms with van der Waals surface area (Å²) in [6.45, 7) is -1.38. The fraction of sp³-hybridized carbons (Fsp3) is 0.200. The second kappa shape index (κ2) is 9.60. The van der Waals surface area contributed by atoms with Crippen molar-refractivity contribution in [3.63, 3.8) is 0 Å². The molecule has 4 aromatic rings. The Hall–Kier alpha value is -3.55. The average Bonchev–Trinajstić information content (AvgIpc) is 3.39. The molecule has 3 aromatic heterocycles. The molecule has 0 saturated heterocycles. The molecule has 0 amide bonds. The number of alkyl halides is 3. The number of nitrogens with zero attached hydrogens (tertiary/aromatic N) is 7. The number of carbonyl (C=O) groups is 1. The molecule has 15 heteroatoms. The summed E-state index contributed by atoms with van der Waals surface area (Å²) < 4.78 is 41.8. The average molecular weight is 528 g/mol. The van der Waals surface area contributed by atoms with Crippen LogP contribution in [0.15, 0.2) is 53.8 Å². The van der Waals surface area contributed by atoms with Crippen LogP contribution >= 0.6 is 23.2 Å². The second-order valence-corrected chi connectivity index (χ2v) is 7.99. The molecule has 182 valence electrons. The first-order valence-corrected chi connectivity index (χ1v) is 10.5. The molecule has 0 fully saturated rings. The van der Waals surface area contributed by atoms with Crippen LogP contribution in [-0.2, 0) is 13.1 Å². The van der Waals surface area contributed by atoms with Gasteiger partial charge in [-0.3, -0.25) is 14.3 Å². The van der Waals surface area contributed by atoms with Crippen molar-refractivity contribution >= 4 is 28.4 Å². The quantitative estimate of drug-likeness (QED) is 0.366. The van der Waals surface area contributed by atoms with E-state index in [9.17, 15) is 27.9 Å². The Morgan fingerprint density at radius 2 is 1.86 bits per heavy atom. The van der Waals surface area contributed by atoms with Gasteiger partial charge in [0.2, 0.25) is 0 Å². The third-order valence-corrected chi connectivity index (χ3v) is 5.30. The fourth-order valence-electron chi connectivity index (χ4n) is 3.15. The van der Waals surface area contributed by atoms with Crippen molar-refractivity contribution in [2.24, 2.45) is 0 Å². The third-order valence-electron chi connectivity index (χ3n) is 4.85. The topological polar surface area (TPSA) is 121 Å². The van der Waals surface area contributed by atoms with Crippen molar-refractivity contribution < 1.29 is 23.1 Å². The lowest BCUT2D eigenvalue weighted by Gasteiger charge is -2.15. The number of aliphatic hydroxyl groups is 1. The van der Waals surface area contributed by atoms with Crippen LogP contribution in [0.25, 0.3) is 17.1 Å². The van der Waals surface area contributed by atoms with Gasteiger partial charge < -0.3 is 5.11 Å². The monoisotopic (exact) mass is 527 g/mol. The van der Waals surface area contributed by atoms with Crippen LogP contribution in [0.4, 0.5) is 13.2 Å². The predicted octanol–water partition coefficient (Wildman–Crippen LogP) is 2.69. The lowest BCUT2D eigenvalue weighted by molar-refractivity contribution is -0.207. The summed E-state index contributed by atoms with van der Waals surface area (Å²) in [5.41, 5.74) is -0.267. The first-order chi connectivity index (χ1) is 16.5. The highest BCUT2D eigenvalue weighted by Gasteiger charge is 2.39. The Morgan fingerprint density at radius 3 is 2.51 bits per heavy atom. The van der Waals surface area contributed by atoms with Crippen molar-refractivity contribution in [2.75, 3.05) is 0 Å². The highest BCUT2D eigenvalue weighted by atomic mass is 35.5. The molecular weight excluding hydrogens is 514 g/mol. The number of hydrogen-bond donors (Lipinski definition) is 1. The van der Waals surface area contributed by atoms with Crippen LogP contribution in [0, 0.1) is 0 Å². The van der Waals surface area contributed by atoms with Gasteiger partial charge in [0.15, 0.2) is 17.8 Å². The zero-order valence-electron chi connectivity index (χ0n) is 17.4. The van der Waals surface area contributed by atoms with E-state index in [2.05, 4.69) is 20.2 Å². The number of aromatic nitrogens is 7. The molecule has 1 atom stereocenters. The number of hydrogen-bond acceptors (Lipinski definition) is 7. The standard InChI is InChI=1S/C20H14Cl2F3N7O3/c21-12-3-1-11(2-4-12)18-29-31(19(35)30(18)8-15(33)20(23,24)25)9-16-27-10-32(28-16)14-7-26-6-5-13(14)17(22)34/h1-7,10,15,33H,8-9H2/t15-/m0/s1. The van der Waals surface area contributed by atoms with E-state index in [1.807, 2.05) is 0 Å². The summed E-state index contributed by atoms with van der Waals surface area (Å²) in [5.74, 6) is -0.0516. The maximum absolute atomic E-state index is 13.0. The molecule has 1 N–H and O–H groups in total. The zero-order chi connectivity index (χ0) is 25.3. The van der Waals surface area contributed by atoms with E-state index in [1.165, 1.54) is 53.7 Å². The summed E-state index contributed by atoms with van der Waals surface area (Å²) >= 11 is 11.5. The van der Waals surface area contributed by atoms with Gasteiger partial charge in [-0.2, -0.15) is 13.2 Å². The number of halogens is 5. The number of benzene rings is 1. The summed E-state index contributed by atoms with van der Waals surface area (Å²) in [6.07, 6.45) is -3.77. The molecule has 0 bridgehead atoms. The van der Waals surface area contributed by atoms with Crippen LogP contribution in [-0.4, -0.2) is 56.7 Å². The van der Waals surface area contributed by atoms with Gasteiger partial charge in [0.05, 0.1) is 24.0 Å². The highest BCUT2D eigenvalue weighted by molar-refractivity contribution is 6.68. The van der Waals surface area contributed by atoms with Gasteiger partial charge in [-0.05, 0) is 41.9 Å². The van der Waals surface area contributed by atoms with E-state index in [0.717, 1.165) is 4.68 Å². The van der Waals surface area contributed by atoms with Crippen molar-refractivity contribution in [1.82, 2.24) is 34.1 Å². The van der Waals surface area contributed by atoms with Crippen LogP contribution in [0.3, 0.4) is 0 Å². The number of aliphatic hydroxyl groups excluding tert-OH is 1. The molecule has 0 radical (unpaired) electrons. The molecular formula is C20H14Cl2F3N7O3.